The molecule has 0 aliphatic heterocycles. The standard InChI is InChI=1S/C14H11N5OS/c1-20-13-5-3-10(8-16-13)14-11-4-2-9(7-17-19-15)6-12(11)21-18-14/h2-6,8H,7H2,1H3. The number of pyridine rings is 1. The lowest BCUT2D eigenvalue weighted by Crippen LogP contribution is -1.87. The van der Waals surface area contributed by atoms with Crippen LogP contribution in [0.1, 0.15) is 5.56 Å². The van der Waals surface area contributed by atoms with Crippen LogP contribution in [0, 0.1) is 0 Å². The maximum atomic E-state index is 8.37. The molecule has 2 aromatic heterocycles. The number of fused-ring (bicyclic) bond motifs is 1. The highest BCUT2D eigenvalue weighted by Crippen LogP contribution is 2.31. The van der Waals surface area contributed by atoms with Crippen molar-refractivity contribution < 1.29 is 4.74 Å². The van der Waals surface area contributed by atoms with E-state index in [9.17, 15) is 0 Å². The summed E-state index contributed by atoms with van der Waals surface area (Å²) in [4.78, 5) is 6.98. The quantitative estimate of drug-likeness (QED) is 0.411. The Labute approximate surface area is 124 Å². The van der Waals surface area contributed by atoms with Gasteiger partial charge in [0.05, 0.1) is 24.0 Å². The van der Waals surface area contributed by atoms with Crippen LogP contribution in [-0.2, 0) is 6.54 Å². The number of hydrogen-bond acceptors (Lipinski definition) is 5. The fourth-order valence-corrected chi connectivity index (χ4v) is 2.90. The van der Waals surface area contributed by atoms with E-state index in [-0.39, 0.29) is 0 Å². The second-order valence-corrected chi connectivity index (χ2v) is 5.14. The van der Waals surface area contributed by atoms with Gasteiger partial charge >= 0.3 is 0 Å². The Balaban J connectivity index is 2.01. The number of azide groups is 1. The smallest absolute Gasteiger partial charge is 0.212 e. The van der Waals surface area contributed by atoms with Crippen LogP contribution in [0.4, 0.5) is 0 Å². The maximum Gasteiger partial charge on any atom is 0.212 e. The molecule has 21 heavy (non-hydrogen) atoms. The van der Waals surface area contributed by atoms with Crippen molar-refractivity contribution >= 4 is 21.6 Å². The molecule has 0 atom stereocenters. The minimum Gasteiger partial charge on any atom is -0.481 e. The fraction of sp³-hybridized carbons (Fsp3) is 0.143. The first-order valence-electron chi connectivity index (χ1n) is 6.21. The van der Waals surface area contributed by atoms with Gasteiger partial charge in [-0.25, -0.2) is 4.98 Å². The van der Waals surface area contributed by atoms with Gasteiger partial charge < -0.3 is 4.74 Å². The first-order valence-corrected chi connectivity index (χ1v) is 6.99. The molecule has 0 radical (unpaired) electrons. The summed E-state index contributed by atoms with van der Waals surface area (Å²) in [7, 11) is 1.59. The highest BCUT2D eigenvalue weighted by atomic mass is 32.1. The molecule has 2 heterocycles. The van der Waals surface area contributed by atoms with E-state index >= 15 is 0 Å². The van der Waals surface area contributed by atoms with Crippen LogP contribution in [0.5, 0.6) is 5.88 Å². The largest absolute Gasteiger partial charge is 0.481 e. The molecule has 1 aromatic carbocycles. The molecule has 0 saturated heterocycles. The van der Waals surface area contributed by atoms with Crippen LogP contribution < -0.4 is 4.74 Å². The van der Waals surface area contributed by atoms with Gasteiger partial charge in [0.15, 0.2) is 0 Å². The molecule has 104 valence electrons. The van der Waals surface area contributed by atoms with Gasteiger partial charge in [0, 0.05) is 28.1 Å². The molecule has 0 N–H and O–H groups in total. The number of aromatic nitrogens is 2. The van der Waals surface area contributed by atoms with E-state index in [2.05, 4.69) is 19.4 Å². The molecule has 0 aliphatic carbocycles. The second kappa shape index (κ2) is 5.78. The Bertz CT molecular complexity index is 821. The van der Waals surface area contributed by atoms with Crippen molar-refractivity contribution in [2.75, 3.05) is 7.11 Å². The zero-order chi connectivity index (χ0) is 14.7. The van der Waals surface area contributed by atoms with Gasteiger partial charge in [0.25, 0.3) is 0 Å². The van der Waals surface area contributed by atoms with Crippen molar-refractivity contribution in [3.8, 4) is 17.1 Å². The summed E-state index contributed by atoms with van der Waals surface area (Å²) in [6.45, 7) is 0.351. The lowest BCUT2D eigenvalue weighted by Gasteiger charge is -2.01. The van der Waals surface area contributed by atoms with Crippen LogP contribution in [0.15, 0.2) is 41.6 Å². The molecular formula is C14H11N5OS. The molecule has 0 unspecified atom stereocenters. The van der Waals surface area contributed by atoms with Crippen LogP contribution in [-0.4, -0.2) is 16.5 Å². The average Bonchev–Trinajstić information content (AvgIpc) is 2.96. The molecule has 0 aliphatic rings. The molecule has 6 nitrogen and oxygen atoms in total. The van der Waals surface area contributed by atoms with E-state index in [4.69, 9.17) is 10.3 Å². The van der Waals surface area contributed by atoms with Gasteiger partial charge in [-0.15, -0.1) is 0 Å². The number of nitrogens with zero attached hydrogens (tertiary/aromatic N) is 5. The monoisotopic (exact) mass is 297 g/mol. The van der Waals surface area contributed by atoms with E-state index in [1.165, 1.54) is 11.5 Å². The molecule has 7 heteroatoms. The Hall–Kier alpha value is -2.63. The Morgan fingerprint density at radius 1 is 1.33 bits per heavy atom. The highest BCUT2D eigenvalue weighted by molar-refractivity contribution is 7.13. The van der Waals surface area contributed by atoms with Gasteiger partial charge in [-0.05, 0) is 34.8 Å². The second-order valence-electron chi connectivity index (χ2n) is 4.34. The molecule has 0 spiro atoms. The van der Waals surface area contributed by atoms with Gasteiger partial charge in [0.2, 0.25) is 5.88 Å². The van der Waals surface area contributed by atoms with Crippen molar-refractivity contribution in [3.05, 3.63) is 52.5 Å². The third-order valence-corrected chi connectivity index (χ3v) is 3.88. The van der Waals surface area contributed by atoms with E-state index in [1.54, 1.807) is 13.3 Å². The first-order chi connectivity index (χ1) is 10.3. The number of rotatable bonds is 4. The maximum absolute atomic E-state index is 8.37. The minimum atomic E-state index is 0.351. The third-order valence-electron chi connectivity index (χ3n) is 3.07. The Morgan fingerprint density at radius 3 is 2.95 bits per heavy atom. The molecule has 0 bridgehead atoms. The summed E-state index contributed by atoms with van der Waals surface area (Å²) in [5.74, 6) is 0.579. The van der Waals surface area contributed by atoms with Gasteiger partial charge in [-0.3, -0.25) is 0 Å². The predicted molar refractivity (Wildman–Crippen MR) is 82.3 cm³/mol. The molecule has 0 saturated carbocycles. The topological polar surface area (TPSA) is 83.8 Å². The SMILES string of the molecule is COc1ccc(-c2nsc3cc(CN=[N+]=[N-])ccc23)cn1. The first kappa shape index (κ1) is 13.4. The minimum absolute atomic E-state index is 0.351. The molecule has 0 amide bonds. The van der Waals surface area contributed by atoms with Crippen LogP contribution in [0.25, 0.3) is 31.8 Å². The van der Waals surface area contributed by atoms with Gasteiger partial charge in [0.1, 0.15) is 0 Å². The van der Waals surface area contributed by atoms with Crippen LogP contribution in [0.3, 0.4) is 0 Å². The average molecular weight is 297 g/mol. The van der Waals surface area contributed by atoms with Crippen molar-refractivity contribution in [3.63, 3.8) is 0 Å². The Morgan fingerprint density at radius 2 is 2.24 bits per heavy atom. The van der Waals surface area contributed by atoms with Crippen LogP contribution >= 0.6 is 11.5 Å². The van der Waals surface area contributed by atoms with Crippen molar-refractivity contribution in [2.24, 2.45) is 5.11 Å². The van der Waals surface area contributed by atoms with Crippen molar-refractivity contribution in [1.82, 2.24) is 9.36 Å². The molecular weight excluding hydrogens is 286 g/mol. The van der Waals surface area contributed by atoms with Crippen molar-refractivity contribution in [1.29, 1.82) is 0 Å². The van der Waals surface area contributed by atoms with Gasteiger partial charge in [-0.2, -0.15) is 4.37 Å². The predicted octanol–water partition coefficient (Wildman–Crippen LogP) is 4.18. The summed E-state index contributed by atoms with van der Waals surface area (Å²) in [5.41, 5.74) is 11.2. The molecule has 0 fully saturated rings. The van der Waals surface area contributed by atoms with E-state index < -0.39 is 0 Å². The number of hydrogen-bond donors (Lipinski definition) is 0. The zero-order valence-corrected chi connectivity index (χ0v) is 12.0. The zero-order valence-electron chi connectivity index (χ0n) is 11.2. The van der Waals surface area contributed by atoms with Gasteiger partial charge in [-0.1, -0.05) is 17.2 Å². The summed E-state index contributed by atoms with van der Waals surface area (Å²) < 4.78 is 10.6. The van der Waals surface area contributed by atoms with Crippen molar-refractivity contribution in [2.45, 2.75) is 6.54 Å². The lowest BCUT2D eigenvalue weighted by molar-refractivity contribution is 0.398. The lowest BCUT2D eigenvalue weighted by atomic mass is 10.1. The summed E-state index contributed by atoms with van der Waals surface area (Å²) >= 11 is 1.42. The van der Waals surface area contributed by atoms with E-state index in [0.29, 0.717) is 12.4 Å². The Kier molecular flexibility index (Phi) is 3.68. The summed E-state index contributed by atoms with van der Waals surface area (Å²) in [6, 6.07) is 9.71. The summed E-state index contributed by atoms with van der Waals surface area (Å²) in [6.07, 6.45) is 1.75. The number of benzene rings is 1. The molecule has 3 rings (SSSR count). The van der Waals surface area contributed by atoms with E-state index in [0.717, 1.165) is 26.9 Å². The van der Waals surface area contributed by atoms with E-state index in [1.807, 2.05) is 30.3 Å². The third kappa shape index (κ3) is 2.65. The fourth-order valence-electron chi connectivity index (χ4n) is 2.04. The molecule has 3 aromatic rings. The summed E-state index contributed by atoms with van der Waals surface area (Å²) in [5, 5.41) is 4.64. The normalized spacial score (nSPS) is 10.3. The number of methoxy groups -OCH3 is 1. The number of ether oxygens (including phenoxy) is 1. The van der Waals surface area contributed by atoms with Crippen LogP contribution in [0.2, 0.25) is 0 Å². The highest BCUT2D eigenvalue weighted by Gasteiger charge is 2.09.